The highest BCUT2D eigenvalue weighted by Gasteiger charge is 2.26. The van der Waals surface area contributed by atoms with E-state index in [2.05, 4.69) is 15.2 Å². The zero-order valence-electron chi connectivity index (χ0n) is 16.8. The molecular weight excluding hydrogens is 430 g/mol. The smallest absolute Gasteiger partial charge is 0.257 e. The van der Waals surface area contributed by atoms with Crippen LogP contribution < -0.4 is 15.2 Å². The lowest BCUT2D eigenvalue weighted by molar-refractivity contribution is -0.117. The molecule has 0 fully saturated rings. The second-order valence-electron chi connectivity index (χ2n) is 6.62. The van der Waals surface area contributed by atoms with Crippen molar-refractivity contribution in [2.75, 3.05) is 30.5 Å². The molecule has 1 aliphatic rings. The van der Waals surface area contributed by atoms with Gasteiger partial charge in [0, 0.05) is 32.0 Å². The molecule has 30 heavy (non-hydrogen) atoms. The molecule has 0 spiro atoms. The quantitative estimate of drug-likeness (QED) is 0.569. The second kappa shape index (κ2) is 8.30. The first-order chi connectivity index (χ1) is 14.1. The molecule has 0 aliphatic carbocycles. The minimum absolute atomic E-state index is 0.00224. The number of nitrogens with one attached hydrogen (secondary N) is 2. The molecule has 10 nitrogen and oxygen atoms in total. The van der Waals surface area contributed by atoms with Crippen LogP contribution in [-0.4, -0.2) is 52.2 Å². The number of hydrogen-bond acceptors (Lipinski definition) is 7. The molecule has 3 rings (SSSR count). The fraction of sp³-hybridized carbons (Fsp3) is 0.333. The number of amides is 1. The molecule has 12 heteroatoms. The van der Waals surface area contributed by atoms with Crippen molar-refractivity contribution < 1.29 is 21.6 Å². The van der Waals surface area contributed by atoms with Crippen molar-refractivity contribution in [3.63, 3.8) is 0 Å². The fourth-order valence-corrected chi connectivity index (χ4v) is 5.42. The van der Waals surface area contributed by atoms with Gasteiger partial charge in [0.25, 0.3) is 10.0 Å². The van der Waals surface area contributed by atoms with Crippen LogP contribution in [0.15, 0.2) is 46.3 Å². The number of likely N-dealkylation sites (N-methyl/N-ethyl adjacent to an activating group) is 1. The van der Waals surface area contributed by atoms with Gasteiger partial charge in [-0.2, -0.15) is 4.31 Å². The maximum absolute atomic E-state index is 12.6. The van der Waals surface area contributed by atoms with Gasteiger partial charge < -0.3 is 4.90 Å². The van der Waals surface area contributed by atoms with Gasteiger partial charge in [-0.15, -0.1) is 4.83 Å². The zero-order valence-corrected chi connectivity index (χ0v) is 18.4. The van der Waals surface area contributed by atoms with Gasteiger partial charge in [0.2, 0.25) is 15.9 Å². The van der Waals surface area contributed by atoms with E-state index in [1.54, 1.807) is 27.0 Å². The van der Waals surface area contributed by atoms with Gasteiger partial charge in [-0.3, -0.25) is 10.2 Å². The third-order valence-electron chi connectivity index (χ3n) is 4.83. The van der Waals surface area contributed by atoms with Gasteiger partial charge >= 0.3 is 0 Å². The molecule has 0 saturated carbocycles. The molecule has 0 radical (unpaired) electrons. The number of carbonyl (C=O) groups is 1. The van der Waals surface area contributed by atoms with Crippen LogP contribution in [0.1, 0.15) is 19.4 Å². The average molecular weight is 454 g/mol. The minimum atomic E-state index is -3.93. The van der Waals surface area contributed by atoms with E-state index in [9.17, 15) is 21.6 Å². The highest BCUT2D eigenvalue weighted by Crippen LogP contribution is 2.29. The minimum Gasteiger partial charge on any atom is -0.315 e. The Morgan fingerprint density at radius 1 is 1.07 bits per heavy atom. The highest BCUT2D eigenvalue weighted by molar-refractivity contribution is 7.89. The zero-order chi connectivity index (χ0) is 22.1. The summed E-state index contributed by atoms with van der Waals surface area (Å²) in [5.41, 5.74) is 3.78. The van der Waals surface area contributed by atoms with E-state index in [0.717, 1.165) is 0 Å². The van der Waals surface area contributed by atoms with E-state index >= 15 is 0 Å². The summed E-state index contributed by atoms with van der Waals surface area (Å²) in [6, 6.07) is 7.17. The molecule has 1 aliphatic heterocycles. The van der Waals surface area contributed by atoms with Crippen LogP contribution in [0.3, 0.4) is 0 Å². The Kier molecular flexibility index (Phi) is 6.13. The molecule has 162 valence electrons. The lowest BCUT2D eigenvalue weighted by atomic mass is 10.2. The molecule has 1 aromatic carbocycles. The van der Waals surface area contributed by atoms with Crippen LogP contribution in [0.4, 0.5) is 11.5 Å². The average Bonchev–Trinajstić information content (AvgIpc) is 3.01. The molecular formula is C18H23N5O5S2. The number of aromatic nitrogens is 1. The Bertz CT molecular complexity index is 1160. The summed E-state index contributed by atoms with van der Waals surface area (Å²) in [6.07, 6.45) is 1.31. The number of carbonyl (C=O) groups excluding carboxylic acids is 1. The third-order valence-corrected chi connectivity index (χ3v) is 8.11. The van der Waals surface area contributed by atoms with Gasteiger partial charge in [-0.25, -0.2) is 21.8 Å². The first kappa shape index (κ1) is 22.2. The number of anilines is 2. The largest absolute Gasteiger partial charge is 0.315 e. The normalized spacial score (nSPS) is 14.3. The van der Waals surface area contributed by atoms with Gasteiger partial charge in [0.05, 0.1) is 11.3 Å². The van der Waals surface area contributed by atoms with E-state index < -0.39 is 20.0 Å². The van der Waals surface area contributed by atoms with Crippen LogP contribution >= 0.6 is 0 Å². The van der Waals surface area contributed by atoms with Crippen molar-refractivity contribution in [3.05, 3.63) is 42.1 Å². The summed E-state index contributed by atoms with van der Waals surface area (Å²) in [6.45, 7) is 4.15. The van der Waals surface area contributed by atoms with Crippen molar-refractivity contribution in [1.82, 2.24) is 14.1 Å². The number of hydrogen-bond donors (Lipinski definition) is 2. The Hall–Kier alpha value is -2.54. The Morgan fingerprint density at radius 3 is 2.33 bits per heavy atom. The number of nitrogens with zero attached hydrogens (tertiary/aromatic N) is 3. The summed E-state index contributed by atoms with van der Waals surface area (Å²) in [5, 5.41) is 0. The summed E-state index contributed by atoms with van der Waals surface area (Å²) < 4.78 is 51.4. The van der Waals surface area contributed by atoms with E-state index in [-0.39, 0.29) is 27.9 Å². The highest BCUT2D eigenvalue weighted by atomic mass is 32.2. The predicted octanol–water partition coefficient (Wildman–Crippen LogP) is 0.936. The van der Waals surface area contributed by atoms with Gasteiger partial charge in [0.15, 0.2) is 0 Å². The molecule has 2 aromatic rings. The summed E-state index contributed by atoms with van der Waals surface area (Å²) in [7, 11) is -5.94. The predicted molar refractivity (Wildman–Crippen MR) is 112 cm³/mol. The summed E-state index contributed by atoms with van der Waals surface area (Å²) in [5.74, 6) is 0.0303. The van der Waals surface area contributed by atoms with Crippen molar-refractivity contribution in [3.8, 4) is 0 Å². The van der Waals surface area contributed by atoms with Crippen LogP contribution in [0.5, 0.6) is 0 Å². The van der Waals surface area contributed by atoms with Gasteiger partial charge in [-0.05, 0) is 35.9 Å². The number of fused-ring (bicyclic) bond motifs is 1. The Balaban J connectivity index is 1.73. The maximum Gasteiger partial charge on any atom is 0.257 e. The van der Waals surface area contributed by atoms with Gasteiger partial charge in [-0.1, -0.05) is 13.8 Å². The number of rotatable bonds is 8. The van der Waals surface area contributed by atoms with Crippen molar-refractivity contribution in [2.45, 2.75) is 30.1 Å². The van der Waals surface area contributed by atoms with Crippen LogP contribution in [0, 0.1) is 0 Å². The molecule has 0 unspecified atom stereocenters. The van der Waals surface area contributed by atoms with Crippen molar-refractivity contribution in [1.29, 1.82) is 0 Å². The lowest BCUT2D eigenvalue weighted by Gasteiger charge is -2.18. The molecule has 0 atom stereocenters. The molecule has 1 amide bonds. The first-order valence-corrected chi connectivity index (χ1v) is 12.2. The standard InChI is InChI=1S/C18H23N5O5S2/c1-4-23(5-2)30(27,28)15-7-9-17(19-12-15)20-21-29(25,26)14-6-8-16-13(10-14)11-18(24)22(16)3/h6-10,12,21H,4-5,11H2,1-3H3,(H,19,20). The van der Waals surface area contributed by atoms with Crippen LogP contribution in [-0.2, 0) is 31.3 Å². The number of sulfonamides is 2. The lowest BCUT2D eigenvalue weighted by Crippen LogP contribution is -2.31. The maximum atomic E-state index is 12.6. The molecule has 2 heterocycles. The van der Waals surface area contributed by atoms with Gasteiger partial charge in [0.1, 0.15) is 10.7 Å². The van der Waals surface area contributed by atoms with Crippen LogP contribution in [0.25, 0.3) is 0 Å². The Labute approximate surface area is 176 Å². The third kappa shape index (κ3) is 4.17. The number of benzene rings is 1. The van der Waals surface area contributed by atoms with Crippen molar-refractivity contribution >= 4 is 37.5 Å². The fourth-order valence-electron chi connectivity index (χ4n) is 3.11. The molecule has 0 bridgehead atoms. The topological polar surface area (TPSA) is 129 Å². The summed E-state index contributed by atoms with van der Waals surface area (Å²) in [4.78, 5) is 19.5. The number of hydrazine groups is 1. The first-order valence-electron chi connectivity index (χ1n) is 9.23. The second-order valence-corrected chi connectivity index (χ2v) is 10.2. The number of pyridine rings is 1. The van der Waals surface area contributed by atoms with Crippen molar-refractivity contribution in [2.24, 2.45) is 0 Å². The monoisotopic (exact) mass is 453 g/mol. The molecule has 2 N–H and O–H groups in total. The Morgan fingerprint density at radius 2 is 1.73 bits per heavy atom. The van der Waals surface area contributed by atoms with E-state index in [4.69, 9.17) is 0 Å². The van der Waals surface area contributed by atoms with E-state index in [1.807, 2.05) is 0 Å². The molecule has 1 aromatic heterocycles. The molecule has 0 saturated heterocycles. The SMILES string of the molecule is CCN(CC)S(=O)(=O)c1ccc(NNS(=O)(=O)c2ccc3c(c2)CC(=O)N3C)nc1. The van der Waals surface area contributed by atoms with E-state index in [1.165, 1.54) is 39.7 Å². The van der Waals surface area contributed by atoms with Crippen LogP contribution in [0.2, 0.25) is 0 Å². The summed E-state index contributed by atoms with van der Waals surface area (Å²) >= 11 is 0. The van der Waals surface area contributed by atoms with E-state index in [0.29, 0.717) is 24.3 Å².